The maximum absolute atomic E-state index is 11.7. The topological polar surface area (TPSA) is 58.3 Å². The van der Waals surface area contributed by atoms with Gasteiger partial charge in [0.05, 0.1) is 6.54 Å². The summed E-state index contributed by atoms with van der Waals surface area (Å²) >= 11 is 0. The number of aromatic nitrogens is 2. The molecule has 0 fully saturated rings. The van der Waals surface area contributed by atoms with Crippen LogP contribution in [0.2, 0.25) is 0 Å². The highest BCUT2D eigenvalue weighted by Gasteiger charge is 2.12. The van der Waals surface area contributed by atoms with Crippen molar-refractivity contribution in [3.8, 4) is 0 Å². The molecule has 0 amide bonds. The van der Waals surface area contributed by atoms with Gasteiger partial charge in [0.1, 0.15) is 6.67 Å². The average molecular weight is 158 g/mol. The molecule has 0 aromatic carbocycles. The van der Waals surface area contributed by atoms with E-state index in [-0.39, 0.29) is 12.0 Å². The zero-order valence-electron chi connectivity index (χ0n) is 5.81. The Kier molecular flexibility index (Phi) is 2.61. The summed E-state index contributed by atoms with van der Waals surface area (Å²) in [6.45, 7) is -0.366. The smallest absolute Gasteiger partial charge is 0.423 e. The normalized spacial score (nSPS) is 10.1. The molecule has 1 aromatic rings. The molecule has 0 spiro atoms. The molecule has 6 heteroatoms. The monoisotopic (exact) mass is 158 g/mol. The maximum atomic E-state index is 11.7. The van der Waals surface area contributed by atoms with E-state index in [0.29, 0.717) is 0 Å². The van der Waals surface area contributed by atoms with E-state index in [1.807, 2.05) is 0 Å². The van der Waals surface area contributed by atoms with E-state index < -0.39 is 13.8 Å². The first-order chi connectivity index (χ1) is 5.24. The fraction of sp³-hybridized carbons (Fsp3) is 0.400. The minimum absolute atomic E-state index is 0.146. The Hall–Kier alpha value is -0.875. The summed E-state index contributed by atoms with van der Waals surface area (Å²) in [5, 5.41) is 20.9. The van der Waals surface area contributed by atoms with Crippen LogP contribution in [0.1, 0.15) is 0 Å². The summed E-state index contributed by atoms with van der Waals surface area (Å²) in [7, 11) is -1.52. The third-order valence-corrected chi connectivity index (χ3v) is 1.26. The molecule has 0 saturated carbocycles. The van der Waals surface area contributed by atoms with Crippen LogP contribution in [-0.4, -0.2) is 33.6 Å². The van der Waals surface area contributed by atoms with Crippen LogP contribution in [-0.2, 0) is 6.54 Å². The van der Waals surface area contributed by atoms with Gasteiger partial charge in [-0.05, 0) is 0 Å². The van der Waals surface area contributed by atoms with Gasteiger partial charge in [0.25, 0.3) is 0 Å². The summed E-state index contributed by atoms with van der Waals surface area (Å²) in [6, 6.07) is 0. The Morgan fingerprint density at radius 2 is 2.36 bits per heavy atom. The van der Waals surface area contributed by atoms with Crippen LogP contribution in [0.15, 0.2) is 12.4 Å². The lowest BCUT2D eigenvalue weighted by Crippen LogP contribution is -2.28. The number of alkyl halides is 1. The number of hydrogen-bond acceptors (Lipinski definition) is 3. The van der Waals surface area contributed by atoms with E-state index >= 15 is 0 Å². The van der Waals surface area contributed by atoms with E-state index in [2.05, 4.69) is 5.10 Å². The lowest BCUT2D eigenvalue weighted by molar-refractivity contribution is 0.422. The summed E-state index contributed by atoms with van der Waals surface area (Å²) in [6.07, 6.45) is 2.69. The first-order valence-corrected chi connectivity index (χ1v) is 3.18. The molecule has 4 nitrogen and oxygen atoms in total. The Morgan fingerprint density at radius 1 is 1.64 bits per heavy atom. The van der Waals surface area contributed by atoms with Gasteiger partial charge in [-0.2, -0.15) is 5.10 Å². The highest BCUT2D eigenvalue weighted by atomic mass is 19.1. The summed E-state index contributed by atoms with van der Waals surface area (Å²) in [4.78, 5) is 0. The van der Waals surface area contributed by atoms with Gasteiger partial charge in [-0.15, -0.1) is 0 Å². The Labute approximate surface area is 63.4 Å². The SMILES string of the molecule is OB(O)c1cnn(CCF)c1. The van der Waals surface area contributed by atoms with Gasteiger partial charge in [0.15, 0.2) is 0 Å². The van der Waals surface area contributed by atoms with Crippen molar-refractivity contribution in [1.82, 2.24) is 9.78 Å². The van der Waals surface area contributed by atoms with Crippen molar-refractivity contribution in [3.05, 3.63) is 12.4 Å². The number of nitrogens with zero attached hydrogens (tertiary/aromatic N) is 2. The quantitative estimate of drug-likeness (QED) is 0.528. The zero-order valence-corrected chi connectivity index (χ0v) is 5.81. The fourth-order valence-electron chi connectivity index (χ4n) is 0.722. The van der Waals surface area contributed by atoms with Crippen LogP contribution in [0.3, 0.4) is 0 Å². The standard InChI is InChI=1S/C5H8BFN2O2/c7-1-2-9-4-5(3-8-9)6(10)11/h3-4,10-11H,1-2H2. The third-order valence-electron chi connectivity index (χ3n) is 1.26. The van der Waals surface area contributed by atoms with Crippen molar-refractivity contribution < 1.29 is 14.4 Å². The Morgan fingerprint density at radius 3 is 2.82 bits per heavy atom. The lowest BCUT2D eigenvalue weighted by Gasteiger charge is -1.93. The molecule has 0 aliphatic heterocycles. The van der Waals surface area contributed by atoms with Crippen molar-refractivity contribution >= 4 is 12.6 Å². The molecule has 0 aliphatic carbocycles. The predicted molar refractivity (Wildman–Crippen MR) is 38.0 cm³/mol. The number of aryl methyl sites for hydroxylation is 1. The van der Waals surface area contributed by atoms with Crippen LogP contribution in [0.25, 0.3) is 0 Å². The summed E-state index contributed by atoms with van der Waals surface area (Å²) in [5.41, 5.74) is 0.276. The summed E-state index contributed by atoms with van der Waals surface area (Å²) < 4.78 is 13.0. The van der Waals surface area contributed by atoms with Gasteiger partial charge in [-0.1, -0.05) is 0 Å². The minimum Gasteiger partial charge on any atom is -0.423 e. The van der Waals surface area contributed by atoms with Crippen molar-refractivity contribution in [2.45, 2.75) is 6.54 Å². The van der Waals surface area contributed by atoms with Crippen molar-refractivity contribution in [2.24, 2.45) is 0 Å². The second-order valence-electron chi connectivity index (χ2n) is 2.10. The van der Waals surface area contributed by atoms with E-state index in [1.165, 1.54) is 17.1 Å². The molecule has 11 heavy (non-hydrogen) atoms. The Bertz CT molecular complexity index is 228. The van der Waals surface area contributed by atoms with E-state index in [9.17, 15) is 4.39 Å². The highest BCUT2D eigenvalue weighted by molar-refractivity contribution is 6.58. The molecule has 0 aliphatic rings. The largest absolute Gasteiger partial charge is 0.491 e. The van der Waals surface area contributed by atoms with Gasteiger partial charge in [-0.3, -0.25) is 4.68 Å². The van der Waals surface area contributed by atoms with E-state index in [0.717, 1.165) is 0 Å². The van der Waals surface area contributed by atoms with Gasteiger partial charge in [-0.25, -0.2) is 4.39 Å². The average Bonchev–Trinajstić information content (AvgIpc) is 2.37. The third kappa shape index (κ3) is 2.02. The van der Waals surface area contributed by atoms with Crippen LogP contribution in [0, 0.1) is 0 Å². The molecule has 0 unspecified atom stereocenters. The molecule has 60 valence electrons. The molecule has 0 saturated heterocycles. The van der Waals surface area contributed by atoms with Gasteiger partial charge < -0.3 is 10.0 Å². The minimum atomic E-state index is -1.52. The first kappa shape index (κ1) is 8.22. The molecule has 0 atom stereocenters. The second-order valence-corrected chi connectivity index (χ2v) is 2.10. The molecule has 0 bridgehead atoms. The number of halogens is 1. The molecular weight excluding hydrogens is 150 g/mol. The maximum Gasteiger partial charge on any atom is 0.491 e. The van der Waals surface area contributed by atoms with Crippen molar-refractivity contribution in [3.63, 3.8) is 0 Å². The highest BCUT2D eigenvalue weighted by Crippen LogP contribution is 1.84. The van der Waals surface area contributed by atoms with Gasteiger partial charge in [0, 0.05) is 17.9 Å². The fourth-order valence-corrected chi connectivity index (χ4v) is 0.722. The first-order valence-electron chi connectivity index (χ1n) is 3.18. The van der Waals surface area contributed by atoms with Gasteiger partial charge >= 0.3 is 7.12 Å². The van der Waals surface area contributed by atoms with Crippen molar-refractivity contribution in [1.29, 1.82) is 0 Å². The zero-order chi connectivity index (χ0) is 8.27. The van der Waals surface area contributed by atoms with Crippen molar-refractivity contribution in [2.75, 3.05) is 6.67 Å². The van der Waals surface area contributed by atoms with E-state index in [1.54, 1.807) is 0 Å². The molecule has 1 rings (SSSR count). The molecule has 1 aromatic heterocycles. The number of rotatable bonds is 3. The second kappa shape index (κ2) is 3.50. The van der Waals surface area contributed by atoms with Crippen LogP contribution in [0.5, 0.6) is 0 Å². The summed E-state index contributed by atoms with van der Waals surface area (Å²) in [5.74, 6) is 0. The Balaban J connectivity index is 2.66. The van der Waals surface area contributed by atoms with Gasteiger partial charge in [0.2, 0.25) is 0 Å². The van der Waals surface area contributed by atoms with Crippen LogP contribution >= 0.6 is 0 Å². The molecule has 2 N–H and O–H groups in total. The van der Waals surface area contributed by atoms with Crippen LogP contribution < -0.4 is 5.46 Å². The molecule has 1 heterocycles. The van der Waals surface area contributed by atoms with Crippen LogP contribution in [0.4, 0.5) is 4.39 Å². The van der Waals surface area contributed by atoms with E-state index in [4.69, 9.17) is 10.0 Å². The predicted octanol–water partition coefficient (Wildman–Crippen LogP) is -1.47. The lowest BCUT2D eigenvalue weighted by atomic mass is 9.83. The molecule has 0 radical (unpaired) electrons. The number of hydrogen-bond donors (Lipinski definition) is 2. The molecular formula is C5H8BFN2O2.